The summed E-state index contributed by atoms with van der Waals surface area (Å²) in [5, 5.41) is 2.76. The van der Waals surface area contributed by atoms with E-state index in [9.17, 15) is 13.2 Å². The highest BCUT2D eigenvalue weighted by atomic mass is 32.2. The first kappa shape index (κ1) is 18.6. The molecule has 0 radical (unpaired) electrons. The normalized spacial score (nSPS) is 17.4. The van der Waals surface area contributed by atoms with E-state index in [1.165, 1.54) is 16.4 Å². The van der Waals surface area contributed by atoms with Crippen LogP contribution in [0.5, 0.6) is 0 Å². The van der Waals surface area contributed by atoms with Gasteiger partial charge >= 0.3 is 0 Å². The Morgan fingerprint density at radius 1 is 1.15 bits per heavy atom. The van der Waals surface area contributed by atoms with Crippen LogP contribution in [0.3, 0.4) is 0 Å². The quantitative estimate of drug-likeness (QED) is 0.843. The third-order valence-electron chi connectivity index (χ3n) is 4.30. The largest absolute Gasteiger partial charge is 0.368 e. The van der Waals surface area contributed by atoms with Crippen molar-refractivity contribution in [2.45, 2.75) is 30.4 Å². The second kappa shape index (κ2) is 7.99. The summed E-state index contributed by atoms with van der Waals surface area (Å²) in [6.45, 7) is 0.893. The highest BCUT2D eigenvalue weighted by molar-refractivity contribution is 7.89. The van der Waals surface area contributed by atoms with Crippen LogP contribution in [0.25, 0.3) is 0 Å². The van der Waals surface area contributed by atoms with Crippen LogP contribution in [0.4, 0.5) is 5.69 Å². The van der Waals surface area contributed by atoms with Gasteiger partial charge in [0, 0.05) is 25.9 Å². The van der Waals surface area contributed by atoms with Gasteiger partial charge in [-0.2, -0.15) is 4.31 Å². The van der Waals surface area contributed by atoms with Gasteiger partial charge in [0.25, 0.3) is 5.91 Å². The van der Waals surface area contributed by atoms with E-state index in [0.29, 0.717) is 25.3 Å². The maximum atomic E-state index is 12.7. The Kier molecular flexibility index (Phi) is 5.70. The lowest BCUT2D eigenvalue weighted by molar-refractivity contribution is -0.124. The standard InChI is InChI=1S/C19H22N2O4S/c1-21(14-15-6-3-2-4-7-15)26(23,24)17-11-9-16(10-12-17)20-19(22)18-8-5-13-25-18/h2-4,6-7,9-12,18H,5,8,13-14H2,1H3,(H,20,22). The van der Waals surface area contributed by atoms with Crippen molar-refractivity contribution in [1.29, 1.82) is 0 Å². The molecular weight excluding hydrogens is 352 g/mol. The van der Waals surface area contributed by atoms with Gasteiger partial charge in [0.05, 0.1) is 4.90 Å². The smallest absolute Gasteiger partial charge is 0.253 e. The number of benzene rings is 2. The van der Waals surface area contributed by atoms with Crippen LogP contribution in [0.1, 0.15) is 18.4 Å². The predicted octanol–water partition coefficient (Wildman–Crippen LogP) is 2.62. The predicted molar refractivity (Wildman–Crippen MR) is 99.1 cm³/mol. The average molecular weight is 374 g/mol. The molecule has 6 nitrogen and oxygen atoms in total. The van der Waals surface area contributed by atoms with Gasteiger partial charge in [0.15, 0.2) is 0 Å². The lowest BCUT2D eigenvalue weighted by Gasteiger charge is -2.18. The third-order valence-corrected chi connectivity index (χ3v) is 6.12. The number of carbonyl (C=O) groups excluding carboxylic acids is 1. The summed E-state index contributed by atoms with van der Waals surface area (Å²) < 4.78 is 32.0. The van der Waals surface area contributed by atoms with E-state index in [4.69, 9.17) is 4.74 Å². The van der Waals surface area contributed by atoms with Crippen LogP contribution in [-0.2, 0) is 26.1 Å². The van der Waals surface area contributed by atoms with Crippen LogP contribution < -0.4 is 5.32 Å². The van der Waals surface area contributed by atoms with Crippen molar-refractivity contribution in [1.82, 2.24) is 4.31 Å². The number of hydrogen-bond acceptors (Lipinski definition) is 4. The summed E-state index contributed by atoms with van der Waals surface area (Å²) in [4.78, 5) is 12.2. The molecule has 2 aromatic rings. The Morgan fingerprint density at radius 2 is 1.85 bits per heavy atom. The number of ether oxygens (including phenoxy) is 1. The zero-order valence-corrected chi connectivity index (χ0v) is 15.4. The first-order chi connectivity index (χ1) is 12.5. The fourth-order valence-electron chi connectivity index (χ4n) is 2.82. The molecule has 0 bridgehead atoms. The second-order valence-electron chi connectivity index (χ2n) is 6.26. The van der Waals surface area contributed by atoms with Crippen molar-refractivity contribution in [3.8, 4) is 0 Å². The molecule has 1 unspecified atom stereocenters. The topological polar surface area (TPSA) is 75.7 Å². The molecular formula is C19H22N2O4S. The number of amides is 1. The molecule has 1 fully saturated rings. The number of nitrogens with one attached hydrogen (secondary N) is 1. The molecule has 0 aliphatic carbocycles. The summed E-state index contributed by atoms with van der Waals surface area (Å²) in [6, 6.07) is 15.6. The molecule has 1 N–H and O–H groups in total. The molecule has 1 atom stereocenters. The minimum absolute atomic E-state index is 0.186. The molecule has 0 spiro atoms. The molecule has 1 aliphatic heterocycles. The number of rotatable bonds is 6. The highest BCUT2D eigenvalue weighted by Gasteiger charge is 2.24. The van der Waals surface area contributed by atoms with Crippen molar-refractivity contribution < 1.29 is 17.9 Å². The molecule has 1 saturated heterocycles. The van der Waals surface area contributed by atoms with Crippen molar-refractivity contribution in [2.24, 2.45) is 0 Å². The van der Waals surface area contributed by atoms with Gasteiger partial charge in [-0.1, -0.05) is 30.3 Å². The van der Waals surface area contributed by atoms with Crippen molar-refractivity contribution in [2.75, 3.05) is 19.0 Å². The van der Waals surface area contributed by atoms with Crippen LogP contribution in [0.15, 0.2) is 59.5 Å². The van der Waals surface area contributed by atoms with E-state index in [-0.39, 0.29) is 10.8 Å². The first-order valence-electron chi connectivity index (χ1n) is 8.49. The summed E-state index contributed by atoms with van der Waals surface area (Å²) in [5.41, 5.74) is 1.47. The lowest BCUT2D eigenvalue weighted by Crippen LogP contribution is -2.27. The molecule has 1 aliphatic rings. The van der Waals surface area contributed by atoms with E-state index >= 15 is 0 Å². The summed E-state index contributed by atoms with van der Waals surface area (Å²) >= 11 is 0. The van der Waals surface area contributed by atoms with Gasteiger partial charge in [-0.15, -0.1) is 0 Å². The van der Waals surface area contributed by atoms with Crippen molar-refractivity contribution in [3.63, 3.8) is 0 Å². The van der Waals surface area contributed by atoms with Crippen molar-refractivity contribution in [3.05, 3.63) is 60.2 Å². The van der Waals surface area contributed by atoms with E-state index in [1.807, 2.05) is 30.3 Å². The van der Waals surface area contributed by atoms with E-state index in [2.05, 4.69) is 5.32 Å². The van der Waals surface area contributed by atoms with E-state index in [1.54, 1.807) is 19.2 Å². The monoisotopic (exact) mass is 374 g/mol. The Bertz CT molecular complexity index is 845. The van der Waals surface area contributed by atoms with E-state index in [0.717, 1.165) is 12.0 Å². The molecule has 1 amide bonds. The average Bonchev–Trinajstić information content (AvgIpc) is 3.18. The van der Waals surface area contributed by atoms with Crippen LogP contribution >= 0.6 is 0 Å². The highest BCUT2D eigenvalue weighted by Crippen LogP contribution is 2.20. The number of anilines is 1. The van der Waals surface area contributed by atoms with E-state index < -0.39 is 16.1 Å². The summed E-state index contributed by atoms with van der Waals surface area (Å²) in [7, 11) is -2.05. The maximum absolute atomic E-state index is 12.7. The van der Waals surface area contributed by atoms with Crippen LogP contribution in [0.2, 0.25) is 0 Å². The van der Waals surface area contributed by atoms with Gasteiger partial charge in [0.1, 0.15) is 6.10 Å². The fraction of sp³-hybridized carbons (Fsp3) is 0.316. The third kappa shape index (κ3) is 4.30. The Morgan fingerprint density at radius 3 is 2.46 bits per heavy atom. The van der Waals surface area contributed by atoms with Gasteiger partial charge in [-0.3, -0.25) is 4.79 Å². The molecule has 138 valence electrons. The zero-order chi connectivity index (χ0) is 18.6. The number of carbonyl (C=O) groups is 1. The minimum atomic E-state index is -3.60. The van der Waals surface area contributed by atoms with Gasteiger partial charge in [-0.25, -0.2) is 8.42 Å². The number of sulfonamides is 1. The number of nitrogens with zero attached hydrogens (tertiary/aromatic N) is 1. The fourth-order valence-corrected chi connectivity index (χ4v) is 3.98. The summed E-state index contributed by atoms with van der Waals surface area (Å²) in [5.74, 6) is -0.195. The SMILES string of the molecule is CN(Cc1ccccc1)S(=O)(=O)c1ccc(NC(=O)C2CCCO2)cc1. The van der Waals surface area contributed by atoms with Gasteiger partial charge < -0.3 is 10.1 Å². The lowest BCUT2D eigenvalue weighted by atomic mass is 10.2. The first-order valence-corrected chi connectivity index (χ1v) is 9.93. The van der Waals surface area contributed by atoms with Gasteiger partial charge in [0.2, 0.25) is 10.0 Å². The maximum Gasteiger partial charge on any atom is 0.253 e. The molecule has 2 aromatic carbocycles. The van der Waals surface area contributed by atoms with Crippen LogP contribution in [-0.4, -0.2) is 38.4 Å². The molecule has 7 heteroatoms. The van der Waals surface area contributed by atoms with Gasteiger partial charge in [-0.05, 0) is 42.7 Å². The minimum Gasteiger partial charge on any atom is -0.368 e. The van der Waals surface area contributed by atoms with Crippen molar-refractivity contribution >= 4 is 21.6 Å². The second-order valence-corrected chi connectivity index (χ2v) is 8.31. The molecule has 3 rings (SSSR count). The Hall–Kier alpha value is -2.22. The Labute approximate surface area is 153 Å². The number of hydrogen-bond donors (Lipinski definition) is 1. The Balaban J connectivity index is 1.67. The van der Waals surface area contributed by atoms with Crippen LogP contribution in [0, 0.1) is 0 Å². The molecule has 0 saturated carbocycles. The summed E-state index contributed by atoms with van der Waals surface area (Å²) in [6.07, 6.45) is 1.17. The molecule has 0 aromatic heterocycles. The zero-order valence-electron chi connectivity index (χ0n) is 14.6. The molecule has 1 heterocycles. The molecule has 26 heavy (non-hydrogen) atoms.